The van der Waals surface area contributed by atoms with Gasteiger partial charge >= 0.3 is 5.97 Å². The van der Waals surface area contributed by atoms with Crippen LogP contribution in [-0.2, 0) is 11.3 Å². The normalized spacial score (nSPS) is 10.4. The van der Waals surface area contributed by atoms with Gasteiger partial charge in [-0.15, -0.1) is 0 Å². The van der Waals surface area contributed by atoms with Gasteiger partial charge in [-0.3, -0.25) is 9.78 Å². The number of esters is 1. The van der Waals surface area contributed by atoms with E-state index >= 15 is 0 Å². The number of aromatic nitrogens is 1. The number of hydrogen-bond donors (Lipinski definition) is 0. The second kappa shape index (κ2) is 8.95. The molecule has 0 saturated carbocycles. The van der Waals surface area contributed by atoms with E-state index in [4.69, 9.17) is 4.74 Å². The lowest BCUT2D eigenvalue weighted by Crippen LogP contribution is -2.31. The van der Waals surface area contributed by atoms with Gasteiger partial charge < -0.3 is 9.64 Å². The number of nitrogens with zero attached hydrogens (tertiary/aromatic N) is 2. The van der Waals surface area contributed by atoms with Crippen LogP contribution in [0.4, 0.5) is 5.69 Å². The van der Waals surface area contributed by atoms with Crippen LogP contribution in [0.3, 0.4) is 0 Å². The Labute approximate surface area is 164 Å². The van der Waals surface area contributed by atoms with Crippen LogP contribution in [0.5, 0.6) is 0 Å². The second-order valence-electron chi connectivity index (χ2n) is 6.33. The Bertz CT molecular complexity index is 953. The first kappa shape index (κ1) is 19.3. The molecule has 0 bridgehead atoms. The van der Waals surface area contributed by atoms with E-state index in [0.29, 0.717) is 30.0 Å². The second-order valence-corrected chi connectivity index (χ2v) is 6.33. The van der Waals surface area contributed by atoms with E-state index in [1.807, 2.05) is 43.3 Å². The van der Waals surface area contributed by atoms with Crippen molar-refractivity contribution in [3.05, 3.63) is 95.3 Å². The molecule has 0 saturated heterocycles. The van der Waals surface area contributed by atoms with Crippen LogP contribution in [0.1, 0.15) is 38.8 Å². The Morgan fingerprint density at radius 2 is 1.64 bits per heavy atom. The SMILES string of the molecule is CCOC(=O)c1ccc(N(Cc2ccncc2)C(=O)c2ccccc2C)cc1. The Morgan fingerprint density at radius 1 is 0.964 bits per heavy atom. The molecule has 3 rings (SSSR count). The minimum absolute atomic E-state index is 0.0983. The number of aryl methyl sites for hydroxylation is 1. The summed E-state index contributed by atoms with van der Waals surface area (Å²) in [6.07, 6.45) is 3.41. The van der Waals surface area contributed by atoms with Gasteiger partial charge in [0.15, 0.2) is 0 Å². The molecule has 0 atom stereocenters. The Balaban J connectivity index is 1.95. The minimum Gasteiger partial charge on any atom is -0.462 e. The minimum atomic E-state index is -0.375. The molecule has 0 spiro atoms. The quantitative estimate of drug-likeness (QED) is 0.600. The van der Waals surface area contributed by atoms with Gasteiger partial charge in [0.05, 0.1) is 18.7 Å². The highest BCUT2D eigenvalue weighted by Crippen LogP contribution is 2.22. The molecule has 142 valence electrons. The molecule has 1 heterocycles. The fourth-order valence-corrected chi connectivity index (χ4v) is 2.90. The average Bonchev–Trinajstić information content (AvgIpc) is 2.73. The number of benzene rings is 2. The lowest BCUT2D eigenvalue weighted by atomic mass is 10.1. The molecule has 0 aliphatic heterocycles. The van der Waals surface area contributed by atoms with E-state index in [1.54, 1.807) is 48.5 Å². The molecule has 5 heteroatoms. The summed E-state index contributed by atoms with van der Waals surface area (Å²) >= 11 is 0. The molecule has 0 aliphatic carbocycles. The maximum absolute atomic E-state index is 13.3. The Morgan fingerprint density at radius 3 is 2.29 bits per heavy atom. The van der Waals surface area contributed by atoms with E-state index in [0.717, 1.165) is 11.1 Å². The van der Waals surface area contributed by atoms with E-state index in [9.17, 15) is 9.59 Å². The largest absolute Gasteiger partial charge is 0.462 e. The molecule has 1 aromatic heterocycles. The third-order valence-corrected chi connectivity index (χ3v) is 4.40. The molecule has 28 heavy (non-hydrogen) atoms. The summed E-state index contributed by atoms with van der Waals surface area (Å²) in [7, 11) is 0. The Hall–Kier alpha value is -3.47. The first-order valence-corrected chi connectivity index (χ1v) is 9.13. The number of carbonyl (C=O) groups is 2. The monoisotopic (exact) mass is 374 g/mol. The summed E-state index contributed by atoms with van der Waals surface area (Å²) in [6, 6.07) is 18.2. The molecule has 3 aromatic rings. The summed E-state index contributed by atoms with van der Waals surface area (Å²) in [6.45, 7) is 4.40. The van der Waals surface area contributed by atoms with Crippen molar-refractivity contribution in [1.29, 1.82) is 0 Å². The van der Waals surface area contributed by atoms with E-state index in [-0.39, 0.29) is 11.9 Å². The zero-order valence-corrected chi connectivity index (χ0v) is 16.0. The number of amides is 1. The highest BCUT2D eigenvalue weighted by atomic mass is 16.5. The number of hydrogen-bond acceptors (Lipinski definition) is 4. The van der Waals surface area contributed by atoms with E-state index < -0.39 is 0 Å². The molecule has 1 amide bonds. The first-order chi connectivity index (χ1) is 13.6. The first-order valence-electron chi connectivity index (χ1n) is 9.13. The van der Waals surface area contributed by atoms with Crippen molar-refractivity contribution in [3.8, 4) is 0 Å². The number of anilines is 1. The fraction of sp³-hybridized carbons (Fsp3) is 0.174. The van der Waals surface area contributed by atoms with Crippen molar-refractivity contribution >= 4 is 17.6 Å². The van der Waals surface area contributed by atoms with Crippen molar-refractivity contribution in [2.75, 3.05) is 11.5 Å². The third kappa shape index (κ3) is 4.43. The Kier molecular flexibility index (Phi) is 6.17. The number of carbonyl (C=O) groups excluding carboxylic acids is 2. The summed E-state index contributed by atoms with van der Waals surface area (Å²) in [5.41, 5.74) is 3.68. The topological polar surface area (TPSA) is 59.5 Å². The van der Waals surface area contributed by atoms with Gasteiger partial charge in [0, 0.05) is 23.6 Å². The van der Waals surface area contributed by atoms with Gasteiger partial charge in [0.1, 0.15) is 0 Å². The van der Waals surface area contributed by atoms with Crippen molar-refractivity contribution in [3.63, 3.8) is 0 Å². The van der Waals surface area contributed by atoms with E-state index in [1.165, 1.54) is 0 Å². The summed E-state index contributed by atoms with van der Waals surface area (Å²) in [4.78, 5) is 31.0. The van der Waals surface area contributed by atoms with Crippen molar-refractivity contribution < 1.29 is 14.3 Å². The standard InChI is InChI=1S/C23H22N2O3/c1-3-28-23(27)19-8-10-20(11-9-19)25(16-18-12-14-24-15-13-18)22(26)21-7-5-4-6-17(21)2/h4-15H,3,16H2,1-2H3. The molecule has 0 N–H and O–H groups in total. The number of ether oxygens (including phenoxy) is 1. The van der Waals surface area contributed by atoms with Crippen LogP contribution in [0.15, 0.2) is 73.1 Å². The summed E-state index contributed by atoms with van der Waals surface area (Å²) < 4.78 is 5.03. The van der Waals surface area contributed by atoms with Crippen LogP contribution in [0.25, 0.3) is 0 Å². The molecule has 2 aromatic carbocycles. The van der Waals surface area contributed by atoms with Gasteiger partial charge in [-0.05, 0) is 67.4 Å². The zero-order chi connectivity index (χ0) is 19.9. The zero-order valence-electron chi connectivity index (χ0n) is 16.0. The predicted octanol–water partition coefficient (Wildman–Crippen LogP) is 4.41. The number of rotatable bonds is 6. The molecular weight excluding hydrogens is 352 g/mol. The van der Waals surface area contributed by atoms with Crippen LogP contribution in [-0.4, -0.2) is 23.5 Å². The highest BCUT2D eigenvalue weighted by Gasteiger charge is 2.20. The maximum atomic E-state index is 13.3. The maximum Gasteiger partial charge on any atom is 0.338 e. The third-order valence-electron chi connectivity index (χ3n) is 4.40. The van der Waals surface area contributed by atoms with Gasteiger partial charge in [-0.25, -0.2) is 4.79 Å². The molecule has 0 unspecified atom stereocenters. The molecule has 5 nitrogen and oxygen atoms in total. The fourth-order valence-electron chi connectivity index (χ4n) is 2.90. The van der Waals surface area contributed by atoms with Crippen molar-refractivity contribution in [2.45, 2.75) is 20.4 Å². The summed E-state index contributed by atoms with van der Waals surface area (Å²) in [5, 5.41) is 0. The predicted molar refractivity (Wildman–Crippen MR) is 108 cm³/mol. The van der Waals surface area contributed by atoms with Gasteiger partial charge in [0.25, 0.3) is 5.91 Å². The van der Waals surface area contributed by atoms with Crippen LogP contribution in [0.2, 0.25) is 0 Å². The molecular formula is C23H22N2O3. The average molecular weight is 374 g/mol. The van der Waals surface area contributed by atoms with Gasteiger partial charge in [0.2, 0.25) is 0 Å². The smallest absolute Gasteiger partial charge is 0.338 e. The van der Waals surface area contributed by atoms with Gasteiger partial charge in [-0.2, -0.15) is 0 Å². The summed E-state index contributed by atoms with van der Waals surface area (Å²) in [5.74, 6) is -0.473. The molecule has 0 radical (unpaired) electrons. The number of pyridine rings is 1. The molecule has 0 fully saturated rings. The van der Waals surface area contributed by atoms with E-state index in [2.05, 4.69) is 4.98 Å². The van der Waals surface area contributed by atoms with Crippen LogP contribution < -0.4 is 4.90 Å². The van der Waals surface area contributed by atoms with Gasteiger partial charge in [-0.1, -0.05) is 18.2 Å². The van der Waals surface area contributed by atoms with Crippen molar-refractivity contribution in [1.82, 2.24) is 4.98 Å². The lowest BCUT2D eigenvalue weighted by Gasteiger charge is -2.24. The molecule has 0 aliphatic rings. The lowest BCUT2D eigenvalue weighted by molar-refractivity contribution is 0.0526. The van der Waals surface area contributed by atoms with Crippen LogP contribution >= 0.6 is 0 Å². The van der Waals surface area contributed by atoms with Crippen LogP contribution in [0, 0.1) is 6.92 Å². The van der Waals surface area contributed by atoms with Crippen molar-refractivity contribution in [2.24, 2.45) is 0 Å². The highest BCUT2D eigenvalue weighted by molar-refractivity contribution is 6.07.